The van der Waals surface area contributed by atoms with E-state index in [4.69, 9.17) is 4.74 Å². The molecule has 3 heteroatoms. The molecule has 1 aromatic carbocycles. The quantitative estimate of drug-likeness (QED) is 0.771. The lowest BCUT2D eigenvalue weighted by Gasteiger charge is -2.44. The highest BCUT2D eigenvalue weighted by atomic mass is 16.5. The molecule has 0 N–H and O–H groups in total. The maximum absolute atomic E-state index is 12.8. The van der Waals surface area contributed by atoms with Crippen molar-refractivity contribution in [3.63, 3.8) is 0 Å². The zero-order valence-electron chi connectivity index (χ0n) is 12.3. The first kappa shape index (κ1) is 14.8. The van der Waals surface area contributed by atoms with Crippen LogP contribution in [-0.4, -0.2) is 29.1 Å². The van der Waals surface area contributed by atoms with E-state index in [0.29, 0.717) is 19.6 Å². The number of ether oxygens (including phenoxy) is 1. The lowest BCUT2D eigenvalue weighted by Crippen LogP contribution is -2.58. The zero-order chi connectivity index (χ0) is 14.6. The van der Waals surface area contributed by atoms with Crippen LogP contribution in [0.25, 0.3) is 0 Å². The van der Waals surface area contributed by atoms with Crippen LogP contribution in [-0.2, 0) is 16.1 Å². The van der Waals surface area contributed by atoms with Crippen molar-refractivity contribution in [3.8, 4) is 0 Å². The van der Waals surface area contributed by atoms with Gasteiger partial charge >= 0.3 is 0 Å². The summed E-state index contributed by atoms with van der Waals surface area (Å²) in [6, 6.07) is 10.3. The van der Waals surface area contributed by atoms with Crippen LogP contribution < -0.4 is 0 Å². The first-order chi connectivity index (χ1) is 9.60. The molecule has 1 amide bonds. The molecule has 0 saturated carbocycles. The molecule has 1 aliphatic rings. The van der Waals surface area contributed by atoms with E-state index < -0.39 is 5.60 Å². The number of carbonyl (C=O) groups is 1. The minimum absolute atomic E-state index is 0.0688. The van der Waals surface area contributed by atoms with Crippen LogP contribution in [0, 0.1) is 0 Å². The van der Waals surface area contributed by atoms with E-state index in [2.05, 4.69) is 25.6 Å². The van der Waals surface area contributed by atoms with E-state index in [9.17, 15) is 4.79 Å². The highest BCUT2D eigenvalue weighted by Crippen LogP contribution is 2.28. The van der Waals surface area contributed by atoms with Crippen LogP contribution in [0.4, 0.5) is 0 Å². The molecule has 1 aliphatic heterocycles. The number of hydrogen-bond donors (Lipinski definition) is 0. The third kappa shape index (κ3) is 2.93. The summed E-state index contributed by atoms with van der Waals surface area (Å²) in [6.07, 6.45) is 3.21. The van der Waals surface area contributed by atoms with Crippen molar-refractivity contribution in [2.24, 2.45) is 0 Å². The first-order valence-electron chi connectivity index (χ1n) is 7.20. The molecule has 2 atom stereocenters. The molecule has 1 saturated heterocycles. The van der Waals surface area contributed by atoms with E-state index in [-0.39, 0.29) is 11.9 Å². The average Bonchev–Trinajstić information content (AvgIpc) is 2.46. The summed E-state index contributed by atoms with van der Waals surface area (Å²) in [5.74, 6) is 0.0688. The van der Waals surface area contributed by atoms with Gasteiger partial charge in [-0.15, -0.1) is 6.58 Å². The van der Waals surface area contributed by atoms with Gasteiger partial charge in [0.05, 0.1) is 12.6 Å². The topological polar surface area (TPSA) is 29.5 Å². The Bertz CT molecular complexity index is 471. The number of amides is 1. The fourth-order valence-corrected chi connectivity index (χ4v) is 2.64. The van der Waals surface area contributed by atoms with E-state index >= 15 is 0 Å². The standard InChI is InChI=1S/C17H23NO2/c1-4-11-17(3)16(19)18(15(5-2)13-20-17)12-14-9-7-6-8-10-14/h4,6-10,15H,1,5,11-13H2,2-3H3/t15-,17?/m1/s1. The third-order valence-electron chi connectivity index (χ3n) is 3.95. The van der Waals surface area contributed by atoms with E-state index in [0.717, 1.165) is 12.0 Å². The van der Waals surface area contributed by atoms with Crippen molar-refractivity contribution in [2.75, 3.05) is 6.61 Å². The van der Waals surface area contributed by atoms with E-state index in [1.54, 1.807) is 6.08 Å². The van der Waals surface area contributed by atoms with Gasteiger partial charge in [0, 0.05) is 13.0 Å². The summed E-state index contributed by atoms with van der Waals surface area (Å²) >= 11 is 0. The molecule has 1 unspecified atom stereocenters. The van der Waals surface area contributed by atoms with Gasteiger partial charge in [0.15, 0.2) is 0 Å². The fourth-order valence-electron chi connectivity index (χ4n) is 2.64. The van der Waals surface area contributed by atoms with Crippen LogP contribution in [0.5, 0.6) is 0 Å². The second-order valence-electron chi connectivity index (χ2n) is 5.52. The minimum Gasteiger partial charge on any atom is -0.363 e. The summed E-state index contributed by atoms with van der Waals surface area (Å²) in [6.45, 7) is 8.93. The molecule has 2 rings (SSSR count). The van der Waals surface area contributed by atoms with Crippen molar-refractivity contribution in [1.29, 1.82) is 0 Å². The maximum Gasteiger partial charge on any atom is 0.255 e. The molecule has 1 fully saturated rings. The maximum atomic E-state index is 12.8. The zero-order valence-corrected chi connectivity index (χ0v) is 12.3. The number of nitrogens with zero attached hydrogens (tertiary/aromatic N) is 1. The molecule has 0 aromatic heterocycles. The Morgan fingerprint density at radius 3 is 2.75 bits per heavy atom. The fraction of sp³-hybridized carbons (Fsp3) is 0.471. The Morgan fingerprint density at radius 2 is 2.15 bits per heavy atom. The highest BCUT2D eigenvalue weighted by Gasteiger charge is 2.43. The van der Waals surface area contributed by atoms with Crippen LogP contribution in [0.15, 0.2) is 43.0 Å². The second kappa shape index (κ2) is 6.23. The van der Waals surface area contributed by atoms with Crippen LogP contribution >= 0.6 is 0 Å². The monoisotopic (exact) mass is 273 g/mol. The van der Waals surface area contributed by atoms with Gasteiger partial charge in [-0.1, -0.05) is 43.3 Å². The smallest absolute Gasteiger partial charge is 0.255 e. The van der Waals surface area contributed by atoms with Gasteiger partial charge in [0.1, 0.15) is 5.60 Å². The summed E-state index contributed by atoms with van der Waals surface area (Å²) in [5.41, 5.74) is 0.393. The number of rotatable bonds is 5. The second-order valence-corrected chi connectivity index (χ2v) is 5.52. The lowest BCUT2D eigenvalue weighted by molar-refractivity contribution is -0.177. The molecule has 3 nitrogen and oxygen atoms in total. The van der Waals surface area contributed by atoms with Gasteiger partial charge in [0.2, 0.25) is 0 Å². The van der Waals surface area contributed by atoms with Gasteiger partial charge in [-0.2, -0.15) is 0 Å². The Labute approximate surface area is 121 Å². The predicted octanol–water partition coefficient (Wildman–Crippen LogP) is 3.16. The molecule has 1 aromatic rings. The van der Waals surface area contributed by atoms with Gasteiger partial charge in [-0.25, -0.2) is 0 Å². The lowest BCUT2D eigenvalue weighted by atomic mass is 9.95. The van der Waals surface area contributed by atoms with Crippen molar-refractivity contribution in [3.05, 3.63) is 48.6 Å². The normalized spacial score (nSPS) is 26.6. The molecule has 0 radical (unpaired) electrons. The highest BCUT2D eigenvalue weighted by molar-refractivity contribution is 5.86. The molecule has 0 aliphatic carbocycles. The number of carbonyl (C=O) groups excluding carboxylic acids is 1. The van der Waals surface area contributed by atoms with Crippen LogP contribution in [0.1, 0.15) is 32.3 Å². The van der Waals surface area contributed by atoms with Gasteiger partial charge in [0.25, 0.3) is 5.91 Å². The molecular weight excluding hydrogens is 250 g/mol. The number of morpholine rings is 1. The Hall–Kier alpha value is -1.61. The van der Waals surface area contributed by atoms with Crippen LogP contribution in [0.2, 0.25) is 0 Å². The molecule has 0 spiro atoms. The Balaban J connectivity index is 2.21. The molecule has 108 valence electrons. The van der Waals surface area contributed by atoms with E-state index in [1.807, 2.05) is 30.0 Å². The van der Waals surface area contributed by atoms with Crippen molar-refractivity contribution >= 4 is 5.91 Å². The number of benzene rings is 1. The van der Waals surface area contributed by atoms with Gasteiger partial charge in [-0.3, -0.25) is 4.79 Å². The summed E-state index contributed by atoms with van der Waals surface area (Å²) in [7, 11) is 0. The largest absolute Gasteiger partial charge is 0.363 e. The molecular formula is C17H23NO2. The minimum atomic E-state index is -0.762. The summed E-state index contributed by atoms with van der Waals surface area (Å²) in [4.78, 5) is 14.7. The molecule has 1 heterocycles. The number of hydrogen-bond acceptors (Lipinski definition) is 2. The first-order valence-corrected chi connectivity index (χ1v) is 7.20. The van der Waals surface area contributed by atoms with E-state index in [1.165, 1.54) is 0 Å². The third-order valence-corrected chi connectivity index (χ3v) is 3.95. The SMILES string of the molecule is C=CCC1(C)OC[C@@H](CC)N(Cc2ccccc2)C1=O. The average molecular weight is 273 g/mol. The predicted molar refractivity (Wildman–Crippen MR) is 80.2 cm³/mol. The Morgan fingerprint density at radius 1 is 1.45 bits per heavy atom. The molecule has 0 bridgehead atoms. The van der Waals surface area contributed by atoms with Crippen molar-refractivity contribution in [1.82, 2.24) is 4.90 Å². The Kier molecular flexibility index (Phi) is 4.61. The summed E-state index contributed by atoms with van der Waals surface area (Å²) < 4.78 is 5.83. The molecule has 20 heavy (non-hydrogen) atoms. The van der Waals surface area contributed by atoms with Crippen molar-refractivity contribution < 1.29 is 9.53 Å². The van der Waals surface area contributed by atoms with Gasteiger partial charge in [-0.05, 0) is 18.9 Å². The summed E-state index contributed by atoms with van der Waals surface area (Å²) in [5, 5.41) is 0. The van der Waals surface area contributed by atoms with Crippen LogP contribution in [0.3, 0.4) is 0 Å². The van der Waals surface area contributed by atoms with Crippen molar-refractivity contribution in [2.45, 2.75) is 44.9 Å². The van der Waals surface area contributed by atoms with Gasteiger partial charge < -0.3 is 9.64 Å².